The van der Waals surface area contributed by atoms with Gasteiger partial charge in [0.2, 0.25) is 5.91 Å². The van der Waals surface area contributed by atoms with Gasteiger partial charge >= 0.3 is 0 Å². The zero-order valence-electron chi connectivity index (χ0n) is 12.3. The highest BCUT2D eigenvalue weighted by Crippen LogP contribution is 2.44. The molecule has 1 atom stereocenters. The minimum Gasteiger partial charge on any atom is -0.295 e. The second-order valence-electron chi connectivity index (χ2n) is 5.36. The van der Waals surface area contributed by atoms with Gasteiger partial charge in [-0.15, -0.1) is 11.8 Å². The molecule has 1 amide bonds. The summed E-state index contributed by atoms with van der Waals surface area (Å²) in [6, 6.07) is 11.5. The van der Waals surface area contributed by atoms with Gasteiger partial charge in [0.25, 0.3) is 0 Å². The van der Waals surface area contributed by atoms with Crippen LogP contribution in [-0.4, -0.2) is 11.7 Å². The lowest BCUT2D eigenvalue weighted by atomic mass is 10.1. The van der Waals surface area contributed by atoms with Gasteiger partial charge < -0.3 is 0 Å². The largest absolute Gasteiger partial charge is 0.295 e. The van der Waals surface area contributed by atoms with Crippen LogP contribution in [0.3, 0.4) is 0 Å². The molecule has 22 heavy (non-hydrogen) atoms. The van der Waals surface area contributed by atoms with Crippen LogP contribution in [0.25, 0.3) is 0 Å². The number of hydrogen-bond donors (Lipinski definition) is 0. The molecular weight excluding hydrogens is 337 g/mol. The Hall–Kier alpha value is -1.16. The normalized spacial score (nSPS) is 18.1. The Balaban J connectivity index is 2.03. The minimum atomic E-state index is -0.112. The van der Waals surface area contributed by atoms with Crippen molar-refractivity contribution in [1.82, 2.24) is 0 Å². The van der Waals surface area contributed by atoms with E-state index in [-0.39, 0.29) is 11.3 Å². The fraction of sp³-hybridized carbons (Fsp3) is 0.235. The van der Waals surface area contributed by atoms with Crippen LogP contribution in [0.5, 0.6) is 0 Å². The molecule has 2 aromatic rings. The maximum Gasteiger partial charge on any atom is 0.238 e. The smallest absolute Gasteiger partial charge is 0.238 e. The maximum absolute atomic E-state index is 12.4. The number of amides is 1. The third kappa shape index (κ3) is 2.85. The predicted octanol–water partition coefficient (Wildman–Crippen LogP) is 5.39. The lowest BCUT2D eigenvalue weighted by Crippen LogP contribution is -2.28. The molecule has 1 aliphatic heterocycles. The molecule has 3 rings (SSSR count). The second-order valence-corrected chi connectivity index (χ2v) is 7.27. The molecule has 0 saturated carbocycles. The molecule has 0 radical (unpaired) electrons. The molecule has 0 N–H and O–H groups in total. The molecule has 2 aromatic carbocycles. The predicted molar refractivity (Wildman–Crippen MR) is 95.1 cm³/mol. The fourth-order valence-corrected chi connectivity index (χ4v) is 4.30. The van der Waals surface area contributed by atoms with Crippen LogP contribution < -0.4 is 4.90 Å². The van der Waals surface area contributed by atoms with Crippen molar-refractivity contribution in [1.29, 1.82) is 0 Å². The van der Waals surface area contributed by atoms with Gasteiger partial charge in [0.05, 0.1) is 5.75 Å². The van der Waals surface area contributed by atoms with Gasteiger partial charge in [0, 0.05) is 21.3 Å². The highest BCUT2D eigenvalue weighted by atomic mass is 35.5. The number of carbonyl (C=O) groups is 1. The average Bonchev–Trinajstić information content (AvgIpc) is 2.84. The van der Waals surface area contributed by atoms with Crippen molar-refractivity contribution in [2.24, 2.45) is 0 Å². The van der Waals surface area contributed by atoms with Crippen LogP contribution in [0, 0.1) is 13.8 Å². The summed E-state index contributed by atoms with van der Waals surface area (Å²) in [5.41, 5.74) is 4.21. The van der Waals surface area contributed by atoms with Gasteiger partial charge in [-0.05, 0) is 49.2 Å². The quantitative estimate of drug-likeness (QED) is 0.722. The molecule has 114 valence electrons. The van der Waals surface area contributed by atoms with Crippen molar-refractivity contribution in [2.45, 2.75) is 19.2 Å². The van der Waals surface area contributed by atoms with Crippen LogP contribution in [0.1, 0.15) is 22.1 Å². The van der Waals surface area contributed by atoms with Crippen molar-refractivity contribution in [3.63, 3.8) is 0 Å². The van der Waals surface area contributed by atoms with Crippen molar-refractivity contribution >= 4 is 46.6 Å². The number of halogens is 2. The highest BCUT2D eigenvalue weighted by molar-refractivity contribution is 8.00. The minimum absolute atomic E-state index is 0.101. The average molecular weight is 352 g/mol. The van der Waals surface area contributed by atoms with E-state index in [1.54, 1.807) is 17.8 Å². The second kappa shape index (κ2) is 6.15. The summed E-state index contributed by atoms with van der Waals surface area (Å²) in [7, 11) is 0. The molecule has 1 heterocycles. The van der Waals surface area contributed by atoms with E-state index in [0.717, 1.165) is 11.3 Å². The molecule has 0 spiro atoms. The van der Waals surface area contributed by atoms with Crippen molar-refractivity contribution < 1.29 is 4.79 Å². The van der Waals surface area contributed by atoms with Gasteiger partial charge in [-0.2, -0.15) is 0 Å². The van der Waals surface area contributed by atoms with E-state index in [4.69, 9.17) is 23.2 Å². The van der Waals surface area contributed by atoms with Gasteiger partial charge in [-0.1, -0.05) is 35.3 Å². The van der Waals surface area contributed by atoms with E-state index >= 15 is 0 Å². The number of nitrogens with zero attached hydrogens (tertiary/aromatic N) is 1. The first kappa shape index (κ1) is 15.7. The van der Waals surface area contributed by atoms with E-state index in [2.05, 4.69) is 19.9 Å². The molecule has 5 heteroatoms. The Bertz CT molecular complexity index is 747. The number of benzene rings is 2. The van der Waals surface area contributed by atoms with E-state index < -0.39 is 0 Å². The molecule has 2 nitrogen and oxygen atoms in total. The summed E-state index contributed by atoms with van der Waals surface area (Å²) >= 11 is 13.9. The molecule has 1 aliphatic rings. The van der Waals surface area contributed by atoms with Crippen LogP contribution in [0.15, 0.2) is 36.4 Å². The van der Waals surface area contributed by atoms with Crippen molar-refractivity contribution in [3.05, 3.63) is 63.1 Å². The summed E-state index contributed by atoms with van der Waals surface area (Å²) in [6.07, 6.45) is 0. The van der Waals surface area contributed by atoms with Crippen LogP contribution >= 0.6 is 35.0 Å². The maximum atomic E-state index is 12.4. The molecule has 1 unspecified atom stereocenters. The zero-order chi connectivity index (χ0) is 15.9. The summed E-state index contributed by atoms with van der Waals surface area (Å²) < 4.78 is 0. The summed E-state index contributed by atoms with van der Waals surface area (Å²) in [4.78, 5) is 14.2. The molecule has 0 aromatic heterocycles. The van der Waals surface area contributed by atoms with Gasteiger partial charge in [-0.25, -0.2) is 0 Å². The lowest BCUT2D eigenvalue weighted by Gasteiger charge is -2.25. The van der Waals surface area contributed by atoms with Crippen molar-refractivity contribution in [3.8, 4) is 0 Å². The highest BCUT2D eigenvalue weighted by Gasteiger charge is 2.35. The summed E-state index contributed by atoms with van der Waals surface area (Å²) in [5, 5.41) is 1.08. The van der Waals surface area contributed by atoms with Crippen LogP contribution in [0.2, 0.25) is 10.0 Å². The number of rotatable bonds is 2. The zero-order valence-corrected chi connectivity index (χ0v) is 14.6. The van der Waals surface area contributed by atoms with Crippen LogP contribution in [-0.2, 0) is 4.79 Å². The van der Waals surface area contributed by atoms with Gasteiger partial charge in [0.15, 0.2) is 0 Å². The number of anilines is 1. The number of thioether (sulfide) groups is 1. The first-order valence-electron chi connectivity index (χ1n) is 6.93. The summed E-state index contributed by atoms with van der Waals surface area (Å²) in [5.74, 6) is 0.556. The molecule has 0 aliphatic carbocycles. The third-order valence-corrected chi connectivity index (χ3v) is 5.62. The Morgan fingerprint density at radius 3 is 2.55 bits per heavy atom. The van der Waals surface area contributed by atoms with Crippen molar-refractivity contribution in [2.75, 3.05) is 10.7 Å². The SMILES string of the molecule is Cc1ccc(N2C(=O)CSC2c2ccc(Cl)cc2Cl)cc1C. The Morgan fingerprint density at radius 2 is 1.86 bits per heavy atom. The van der Waals surface area contributed by atoms with E-state index in [1.165, 1.54) is 11.1 Å². The summed E-state index contributed by atoms with van der Waals surface area (Å²) in [6.45, 7) is 4.12. The Labute approximate surface area is 144 Å². The fourth-order valence-electron chi connectivity index (χ4n) is 2.51. The number of carbonyl (C=O) groups excluding carboxylic acids is 1. The number of aryl methyl sites for hydroxylation is 2. The van der Waals surface area contributed by atoms with Crippen LogP contribution in [0.4, 0.5) is 5.69 Å². The first-order chi connectivity index (χ1) is 10.5. The molecule has 0 bridgehead atoms. The number of hydrogen-bond acceptors (Lipinski definition) is 2. The topological polar surface area (TPSA) is 20.3 Å². The molecule has 1 saturated heterocycles. The van der Waals surface area contributed by atoms with Gasteiger partial charge in [-0.3, -0.25) is 9.69 Å². The molecular formula is C17H15Cl2NOS. The first-order valence-corrected chi connectivity index (χ1v) is 8.73. The lowest BCUT2D eigenvalue weighted by molar-refractivity contribution is -0.115. The monoisotopic (exact) mass is 351 g/mol. The van der Waals surface area contributed by atoms with Gasteiger partial charge in [0.1, 0.15) is 5.37 Å². The van der Waals surface area contributed by atoms with E-state index in [0.29, 0.717) is 15.8 Å². The third-order valence-electron chi connectivity index (χ3n) is 3.87. The molecule has 1 fully saturated rings. The Morgan fingerprint density at radius 1 is 1.09 bits per heavy atom. The van der Waals surface area contributed by atoms with E-state index in [9.17, 15) is 4.79 Å². The Kier molecular flexibility index (Phi) is 4.40. The van der Waals surface area contributed by atoms with E-state index in [1.807, 2.05) is 29.2 Å². The standard InChI is InChI=1S/C17H15Cl2NOS/c1-10-3-5-13(7-11(10)2)20-16(21)9-22-17(20)14-6-4-12(18)8-15(14)19/h3-8,17H,9H2,1-2H3.